The molecular formula is C20H23NO3. The summed E-state index contributed by atoms with van der Waals surface area (Å²) in [5.41, 5.74) is 4.68. The van der Waals surface area contributed by atoms with E-state index < -0.39 is 0 Å². The maximum absolute atomic E-state index is 10.8. The van der Waals surface area contributed by atoms with E-state index in [1.54, 1.807) is 7.11 Å². The fraction of sp³-hybridized carbons (Fsp3) is 0.400. The SMILES string of the molecule is COc1ccc(N2C=C(O)C3=C(CCC4=C3CC(C)O4)CC2)cc1. The highest BCUT2D eigenvalue weighted by atomic mass is 16.5. The predicted octanol–water partition coefficient (Wildman–Crippen LogP) is 4.46. The number of fused-ring (bicyclic) bond motifs is 1. The molecule has 126 valence electrons. The quantitative estimate of drug-likeness (QED) is 0.872. The first-order valence-electron chi connectivity index (χ1n) is 8.58. The van der Waals surface area contributed by atoms with Gasteiger partial charge < -0.3 is 19.5 Å². The molecule has 0 saturated heterocycles. The number of aliphatic hydroxyl groups is 1. The molecule has 24 heavy (non-hydrogen) atoms. The Morgan fingerprint density at radius 3 is 2.71 bits per heavy atom. The highest BCUT2D eigenvalue weighted by Gasteiger charge is 2.33. The molecule has 1 unspecified atom stereocenters. The Labute approximate surface area is 142 Å². The zero-order chi connectivity index (χ0) is 16.7. The Bertz CT molecular complexity index is 743. The van der Waals surface area contributed by atoms with Gasteiger partial charge in [0, 0.05) is 42.4 Å². The third-order valence-corrected chi connectivity index (χ3v) is 5.07. The van der Waals surface area contributed by atoms with Crippen LogP contribution in [0, 0.1) is 0 Å². The van der Waals surface area contributed by atoms with Crippen molar-refractivity contribution in [1.29, 1.82) is 0 Å². The van der Waals surface area contributed by atoms with Crippen LogP contribution in [0.5, 0.6) is 5.75 Å². The van der Waals surface area contributed by atoms with Gasteiger partial charge in [0.2, 0.25) is 0 Å². The second kappa shape index (κ2) is 5.93. The van der Waals surface area contributed by atoms with Gasteiger partial charge >= 0.3 is 0 Å². The minimum absolute atomic E-state index is 0.218. The largest absolute Gasteiger partial charge is 0.506 e. The van der Waals surface area contributed by atoms with Crippen molar-refractivity contribution in [2.24, 2.45) is 0 Å². The molecule has 0 radical (unpaired) electrons. The van der Waals surface area contributed by atoms with Crippen LogP contribution in [-0.4, -0.2) is 24.9 Å². The van der Waals surface area contributed by atoms with E-state index in [0.717, 1.165) is 55.0 Å². The van der Waals surface area contributed by atoms with E-state index in [1.165, 1.54) is 11.1 Å². The lowest BCUT2D eigenvalue weighted by atomic mass is 9.86. The van der Waals surface area contributed by atoms with Crippen LogP contribution >= 0.6 is 0 Å². The monoisotopic (exact) mass is 325 g/mol. The number of allylic oxidation sites excluding steroid dienone is 2. The molecule has 0 spiro atoms. The van der Waals surface area contributed by atoms with Gasteiger partial charge in [-0.1, -0.05) is 5.57 Å². The Morgan fingerprint density at radius 1 is 1.17 bits per heavy atom. The summed E-state index contributed by atoms with van der Waals surface area (Å²) >= 11 is 0. The summed E-state index contributed by atoms with van der Waals surface area (Å²) in [5, 5.41) is 10.8. The number of rotatable bonds is 2. The van der Waals surface area contributed by atoms with Crippen molar-refractivity contribution in [2.75, 3.05) is 18.6 Å². The number of benzene rings is 1. The summed E-state index contributed by atoms with van der Waals surface area (Å²) in [7, 11) is 1.67. The summed E-state index contributed by atoms with van der Waals surface area (Å²) < 4.78 is 11.1. The highest BCUT2D eigenvalue weighted by molar-refractivity contribution is 5.58. The average Bonchev–Trinajstić information content (AvgIpc) is 2.89. The summed E-state index contributed by atoms with van der Waals surface area (Å²) in [6, 6.07) is 7.95. The van der Waals surface area contributed by atoms with Crippen LogP contribution in [0.1, 0.15) is 32.6 Å². The number of aliphatic hydroxyl groups excluding tert-OH is 1. The summed E-state index contributed by atoms with van der Waals surface area (Å²) in [6.07, 6.45) is 5.89. The highest BCUT2D eigenvalue weighted by Crippen LogP contribution is 2.44. The van der Waals surface area contributed by atoms with E-state index >= 15 is 0 Å². The van der Waals surface area contributed by atoms with Crippen LogP contribution in [0.3, 0.4) is 0 Å². The first-order valence-corrected chi connectivity index (χ1v) is 8.58. The predicted molar refractivity (Wildman–Crippen MR) is 94.1 cm³/mol. The molecule has 4 nitrogen and oxygen atoms in total. The van der Waals surface area contributed by atoms with Crippen molar-refractivity contribution in [3.63, 3.8) is 0 Å². The lowest BCUT2D eigenvalue weighted by Gasteiger charge is -2.20. The van der Waals surface area contributed by atoms with Gasteiger partial charge in [0.05, 0.1) is 13.2 Å². The van der Waals surface area contributed by atoms with E-state index in [2.05, 4.69) is 11.8 Å². The fourth-order valence-electron chi connectivity index (χ4n) is 3.91. The lowest BCUT2D eigenvalue weighted by Crippen LogP contribution is -2.17. The van der Waals surface area contributed by atoms with E-state index in [9.17, 15) is 5.11 Å². The number of methoxy groups -OCH3 is 1. The third-order valence-electron chi connectivity index (χ3n) is 5.07. The summed E-state index contributed by atoms with van der Waals surface area (Å²) in [4.78, 5) is 2.12. The van der Waals surface area contributed by atoms with E-state index in [0.29, 0.717) is 5.76 Å². The number of anilines is 1. The average molecular weight is 325 g/mol. The molecule has 0 fully saturated rings. The Balaban J connectivity index is 1.65. The zero-order valence-corrected chi connectivity index (χ0v) is 14.2. The molecule has 4 rings (SSSR count). The number of nitrogens with zero attached hydrogens (tertiary/aromatic N) is 1. The molecule has 4 heteroatoms. The molecule has 1 aromatic rings. The molecule has 2 heterocycles. The second-order valence-electron chi connectivity index (χ2n) is 6.67. The van der Waals surface area contributed by atoms with Crippen molar-refractivity contribution in [3.05, 3.63) is 58.7 Å². The minimum Gasteiger partial charge on any atom is -0.506 e. The molecule has 1 aromatic carbocycles. The molecule has 1 aliphatic carbocycles. The Kier molecular flexibility index (Phi) is 3.75. The molecule has 1 atom stereocenters. The van der Waals surface area contributed by atoms with E-state index in [-0.39, 0.29) is 6.10 Å². The summed E-state index contributed by atoms with van der Waals surface area (Å²) in [5.74, 6) is 2.29. The van der Waals surface area contributed by atoms with Crippen LogP contribution in [-0.2, 0) is 4.74 Å². The van der Waals surface area contributed by atoms with Crippen molar-refractivity contribution in [3.8, 4) is 5.75 Å². The van der Waals surface area contributed by atoms with Crippen molar-refractivity contribution < 1.29 is 14.6 Å². The number of hydrogen-bond acceptors (Lipinski definition) is 4. The standard InChI is InChI=1S/C20H23NO3/c1-13-11-17-19(24-13)8-3-14-9-10-21(12-18(22)20(14)17)15-4-6-16(23-2)7-5-15/h4-7,12-13,22H,3,8-11H2,1-2H3. The molecule has 2 aliphatic heterocycles. The molecule has 0 bridgehead atoms. The molecule has 1 N–H and O–H groups in total. The molecule has 0 saturated carbocycles. The van der Waals surface area contributed by atoms with Crippen molar-refractivity contribution in [1.82, 2.24) is 0 Å². The number of ether oxygens (including phenoxy) is 2. The Morgan fingerprint density at radius 2 is 1.96 bits per heavy atom. The second-order valence-corrected chi connectivity index (χ2v) is 6.67. The zero-order valence-electron chi connectivity index (χ0n) is 14.2. The maximum Gasteiger partial charge on any atom is 0.139 e. The van der Waals surface area contributed by atoms with Crippen molar-refractivity contribution >= 4 is 5.69 Å². The lowest BCUT2D eigenvalue weighted by molar-refractivity contribution is 0.153. The van der Waals surface area contributed by atoms with Gasteiger partial charge in [-0.3, -0.25) is 0 Å². The third kappa shape index (κ3) is 2.56. The van der Waals surface area contributed by atoms with Crippen LogP contribution in [0.15, 0.2) is 58.7 Å². The minimum atomic E-state index is 0.218. The maximum atomic E-state index is 10.8. The van der Waals surface area contributed by atoms with Crippen LogP contribution in [0.4, 0.5) is 5.69 Å². The molecule has 0 aromatic heterocycles. The van der Waals surface area contributed by atoms with Gasteiger partial charge in [0.25, 0.3) is 0 Å². The van der Waals surface area contributed by atoms with Crippen LogP contribution < -0.4 is 9.64 Å². The molecule has 0 amide bonds. The first kappa shape index (κ1) is 15.2. The van der Waals surface area contributed by atoms with E-state index in [4.69, 9.17) is 9.47 Å². The Hall–Kier alpha value is -2.36. The summed E-state index contributed by atoms with van der Waals surface area (Å²) in [6.45, 7) is 2.97. The van der Waals surface area contributed by atoms with Gasteiger partial charge in [0.15, 0.2) is 0 Å². The van der Waals surface area contributed by atoms with Gasteiger partial charge in [-0.2, -0.15) is 0 Å². The van der Waals surface area contributed by atoms with E-state index in [1.807, 2.05) is 30.5 Å². The normalized spacial score (nSPS) is 23.3. The molecule has 3 aliphatic rings. The van der Waals surface area contributed by atoms with Gasteiger partial charge in [0.1, 0.15) is 17.3 Å². The fourth-order valence-corrected chi connectivity index (χ4v) is 3.91. The smallest absolute Gasteiger partial charge is 0.139 e. The van der Waals surface area contributed by atoms with Crippen LogP contribution in [0.25, 0.3) is 0 Å². The molecular weight excluding hydrogens is 302 g/mol. The van der Waals surface area contributed by atoms with Gasteiger partial charge in [-0.05, 0) is 44.0 Å². The first-order chi connectivity index (χ1) is 11.7. The van der Waals surface area contributed by atoms with Gasteiger partial charge in [-0.15, -0.1) is 0 Å². The number of hydrogen-bond donors (Lipinski definition) is 1. The van der Waals surface area contributed by atoms with Gasteiger partial charge in [-0.25, -0.2) is 0 Å². The van der Waals surface area contributed by atoms with Crippen molar-refractivity contribution in [2.45, 2.75) is 38.7 Å². The van der Waals surface area contributed by atoms with Crippen LogP contribution in [0.2, 0.25) is 0 Å². The topological polar surface area (TPSA) is 41.9 Å².